The standard InChI is InChI=1S/C19H25N3O2/c1-3-16(17-8-6-7-14(2)20-17)21-19(23)18-10-9-15(24-18)13-22-11-4-5-12-22/h6-10,16H,3-5,11-13H2,1-2H3,(H,21,23)/t16-/m1/s1. The molecule has 0 spiro atoms. The van der Waals surface area contributed by atoms with E-state index in [1.165, 1.54) is 12.8 Å². The van der Waals surface area contributed by atoms with Gasteiger partial charge in [0.1, 0.15) is 5.76 Å². The highest BCUT2D eigenvalue weighted by Crippen LogP contribution is 2.18. The molecule has 0 aliphatic carbocycles. The van der Waals surface area contributed by atoms with Gasteiger partial charge >= 0.3 is 0 Å². The molecule has 2 aromatic heterocycles. The Hall–Kier alpha value is -2.14. The molecule has 0 radical (unpaired) electrons. The molecule has 1 aliphatic heterocycles. The van der Waals surface area contributed by atoms with Crippen LogP contribution in [-0.4, -0.2) is 28.9 Å². The summed E-state index contributed by atoms with van der Waals surface area (Å²) < 4.78 is 5.74. The average molecular weight is 327 g/mol. The van der Waals surface area contributed by atoms with E-state index in [1.807, 2.05) is 38.1 Å². The fourth-order valence-corrected chi connectivity index (χ4v) is 3.12. The Balaban J connectivity index is 1.64. The normalized spacial score (nSPS) is 16.2. The maximum absolute atomic E-state index is 12.5. The van der Waals surface area contributed by atoms with Crippen molar-refractivity contribution >= 4 is 5.91 Å². The number of furan rings is 1. The Kier molecular flexibility index (Phi) is 5.30. The lowest BCUT2D eigenvalue weighted by Crippen LogP contribution is -2.28. The molecule has 2 aromatic rings. The number of rotatable bonds is 6. The van der Waals surface area contributed by atoms with Crippen LogP contribution in [0.25, 0.3) is 0 Å². The van der Waals surface area contributed by atoms with Gasteiger partial charge in [0.2, 0.25) is 0 Å². The molecule has 1 saturated heterocycles. The monoisotopic (exact) mass is 327 g/mol. The van der Waals surface area contributed by atoms with Crippen LogP contribution < -0.4 is 5.32 Å². The maximum Gasteiger partial charge on any atom is 0.287 e. The molecule has 0 bridgehead atoms. The van der Waals surface area contributed by atoms with Crippen molar-refractivity contribution in [3.05, 3.63) is 53.2 Å². The molecule has 3 rings (SSSR count). The quantitative estimate of drug-likeness (QED) is 0.883. The van der Waals surface area contributed by atoms with E-state index < -0.39 is 0 Å². The van der Waals surface area contributed by atoms with Crippen molar-refractivity contribution in [3.8, 4) is 0 Å². The van der Waals surface area contributed by atoms with Crippen LogP contribution in [0.1, 0.15) is 59.9 Å². The molecule has 1 N–H and O–H groups in total. The van der Waals surface area contributed by atoms with Crippen LogP contribution in [0, 0.1) is 6.92 Å². The van der Waals surface area contributed by atoms with E-state index in [0.29, 0.717) is 5.76 Å². The van der Waals surface area contributed by atoms with Gasteiger partial charge in [0.15, 0.2) is 5.76 Å². The zero-order chi connectivity index (χ0) is 16.9. The Labute approximate surface area is 143 Å². The topological polar surface area (TPSA) is 58.4 Å². The van der Waals surface area contributed by atoms with Crippen molar-refractivity contribution in [2.24, 2.45) is 0 Å². The predicted molar refractivity (Wildman–Crippen MR) is 92.7 cm³/mol. The van der Waals surface area contributed by atoms with Crippen LogP contribution in [0.15, 0.2) is 34.7 Å². The predicted octanol–water partition coefficient (Wildman–Crippen LogP) is 3.46. The number of likely N-dealkylation sites (tertiary alicyclic amines) is 1. The van der Waals surface area contributed by atoms with E-state index in [2.05, 4.69) is 15.2 Å². The van der Waals surface area contributed by atoms with Gasteiger partial charge in [-0.2, -0.15) is 0 Å². The molecule has 0 unspecified atom stereocenters. The Bertz CT molecular complexity index is 689. The molecule has 1 amide bonds. The minimum Gasteiger partial charge on any atom is -0.455 e. The molecule has 1 atom stereocenters. The number of carbonyl (C=O) groups is 1. The lowest BCUT2D eigenvalue weighted by Gasteiger charge is -2.16. The second-order valence-electron chi connectivity index (χ2n) is 6.39. The summed E-state index contributed by atoms with van der Waals surface area (Å²) in [6.45, 7) is 6.99. The van der Waals surface area contributed by atoms with Gasteiger partial charge < -0.3 is 9.73 Å². The minimum absolute atomic E-state index is 0.107. The number of aromatic nitrogens is 1. The number of amides is 1. The third-order valence-corrected chi connectivity index (χ3v) is 4.44. The van der Waals surface area contributed by atoms with Crippen molar-refractivity contribution in [2.75, 3.05) is 13.1 Å². The summed E-state index contributed by atoms with van der Waals surface area (Å²) in [6.07, 6.45) is 3.27. The van der Waals surface area contributed by atoms with E-state index in [0.717, 1.165) is 43.2 Å². The molecule has 0 aromatic carbocycles. The highest BCUT2D eigenvalue weighted by atomic mass is 16.4. The molecule has 24 heavy (non-hydrogen) atoms. The van der Waals surface area contributed by atoms with E-state index in [4.69, 9.17) is 4.42 Å². The van der Waals surface area contributed by atoms with Gasteiger partial charge in [0.05, 0.1) is 18.3 Å². The second kappa shape index (κ2) is 7.62. The first-order valence-electron chi connectivity index (χ1n) is 8.71. The summed E-state index contributed by atoms with van der Waals surface area (Å²) in [4.78, 5) is 19.3. The number of aryl methyl sites for hydroxylation is 1. The molecule has 1 fully saturated rings. The van der Waals surface area contributed by atoms with Crippen molar-refractivity contribution in [1.29, 1.82) is 0 Å². The lowest BCUT2D eigenvalue weighted by molar-refractivity contribution is 0.0903. The van der Waals surface area contributed by atoms with Gasteiger partial charge in [-0.15, -0.1) is 0 Å². The van der Waals surface area contributed by atoms with Crippen molar-refractivity contribution in [3.63, 3.8) is 0 Å². The number of pyridine rings is 1. The third-order valence-electron chi connectivity index (χ3n) is 4.44. The van der Waals surface area contributed by atoms with Crippen LogP contribution in [0.5, 0.6) is 0 Å². The van der Waals surface area contributed by atoms with Crippen LogP contribution in [0.3, 0.4) is 0 Å². The van der Waals surface area contributed by atoms with Gasteiger partial charge in [0.25, 0.3) is 5.91 Å². The van der Waals surface area contributed by atoms with Crippen molar-refractivity contribution < 1.29 is 9.21 Å². The second-order valence-corrected chi connectivity index (χ2v) is 6.39. The van der Waals surface area contributed by atoms with Crippen LogP contribution >= 0.6 is 0 Å². The zero-order valence-electron chi connectivity index (χ0n) is 14.4. The smallest absolute Gasteiger partial charge is 0.287 e. The maximum atomic E-state index is 12.5. The summed E-state index contributed by atoms with van der Waals surface area (Å²) in [7, 11) is 0. The molecule has 0 saturated carbocycles. The summed E-state index contributed by atoms with van der Waals surface area (Å²) in [6, 6.07) is 9.42. The zero-order valence-corrected chi connectivity index (χ0v) is 14.4. The van der Waals surface area contributed by atoms with Crippen molar-refractivity contribution in [1.82, 2.24) is 15.2 Å². The summed E-state index contributed by atoms with van der Waals surface area (Å²) in [5.41, 5.74) is 1.83. The molecule has 3 heterocycles. The molecule has 5 heteroatoms. The molecule has 1 aliphatic rings. The van der Waals surface area contributed by atoms with E-state index in [9.17, 15) is 4.79 Å². The number of nitrogens with zero attached hydrogens (tertiary/aromatic N) is 2. The first-order valence-corrected chi connectivity index (χ1v) is 8.71. The third kappa shape index (κ3) is 4.03. The molecular weight excluding hydrogens is 302 g/mol. The largest absolute Gasteiger partial charge is 0.455 e. The Morgan fingerprint density at radius 2 is 2.08 bits per heavy atom. The summed E-state index contributed by atoms with van der Waals surface area (Å²) in [5, 5.41) is 3.02. The van der Waals surface area contributed by atoms with Crippen molar-refractivity contribution in [2.45, 2.75) is 45.7 Å². The van der Waals surface area contributed by atoms with E-state index in [-0.39, 0.29) is 11.9 Å². The minimum atomic E-state index is -0.183. The van der Waals surface area contributed by atoms with Crippen LogP contribution in [-0.2, 0) is 6.54 Å². The fourth-order valence-electron chi connectivity index (χ4n) is 3.12. The summed E-state index contributed by atoms with van der Waals surface area (Å²) >= 11 is 0. The van der Waals surface area contributed by atoms with E-state index >= 15 is 0 Å². The molecule has 5 nitrogen and oxygen atoms in total. The van der Waals surface area contributed by atoms with Crippen LogP contribution in [0.4, 0.5) is 0 Å². The number of nitrogens with one attached hydrogen (secondary N) is 1. The highest BCUT2D eigenvalue weighted by Gasteiger charge is 2.19. The van der Waals surface area contributed by atoms with Gasteiger partial charge in [-0.3, -0.25) is 14.7 Å². The fraction of sp³-hybridized carbons (Fsp3) is 0.474. The first kappa shape index (κ1) is 16.7. The van der Waals surface area contributed by atoms with Crippen LogP contribution in [0.2, 0.25) is 0 Å². The average Bonchev–Trinajstić information content (AvgIpc) is 3.25. The van der Waals surface area contributed by atoms with Gasteiger partial charge in [0, 0.05) is 5.69 Å². The molecule has 128 valence electrons. The lowest BCUT2D eigenvalue weighted by atomic mass is 10.1. The van der Waals surface area contributed by atoms with Gasteiger partial charge in [-0.05, 0) is 63.5 Å². The Morgan fingerprint density at radius 1 is 1.29 bits per heavy atom. The van der Waals surface area contributed by atoms with E-state index in [1.54, 1.807) is 6.07 Å². The SMILES string of the molecule is CC[C@@H](NC(=O)c1ccc(CN2CCCC2)o1)c1cccc(C)n1. The highest BCUT2D eigenvalue weighted by molar-refractivity contribution is 5.91. The number of hydrogen-bond donors (Lipinski definition) is 1. The summed E-state index contributed by atoms with van der Waals surface area (Å²) in [5.74, 6) is 1.04. The Morgan fingerprint density at radius 3 is 2.79 bits per heavy atom. The van der Waals surface area contributed by atoms with Gasteiger partial charge in [-0.25, -0.2) is 0 Å². The molecular formula is C19H25N3O2. The number of hydrogen-bond acceptors (Lipinski definition) is 4. The number of carbonyl (C=O) groups excluding carboxylic acids is 1. The first-order chi connectivity index (χ1) is 11.7. The van der Waals surface area contributed by atoms with Gasteiger partial charge in [-0.1, -0.05) is 13.0 Å².